The summed E-state index contributed by atoms with van der Waals surface area (Å²) in [7, 11) is -7.69. The van der Waals surface area contributed by atoms with Crippen LogP contribution in [-0.4, -0.2) is 61.3 Å². The fourth-order valence-electron chi connectivity index (χ4n) is 8.27. The second-order valence-electron chi connectivity index (χ2n) is 17.3. The molecule has 4 aliphatic heterocycles. The standard InChI is InChI=1S/C20H23ClF2N3O5P.C15H13ClNO6P.C11H15F2N3O2.Na.H/c1-3-15-12(2)20(22,23)18(30-15)26-9-7-17(24-19(26)27)25-32(28)29-10-8-16(31-32)13-5-4-6-14(21)11-13;16-12-3-1-2-11(10-12)15-8-9-21-24(20,23-15)22-14-6-4-13(5-7-14)17(18)19;1-3-7-6(2)11(12,13)9(18-7)16-5-4-8(14)15-10(16)17;;/h4-7,9,11-12,15-16,18H,3,8,10H2,1-2H3,(H,24,25,27,28);1-7,10,15H,8-9H2;4-7,9H,3H2,1-2H3,(H2,14,15,17);;/q;;;+1;-1/t12-,15+,16-,18+,32?;15-,24?;6-,7+,9+;;/m000../s1. The van der Waals surface area contributed by atoms with Gasteiger partial charge in [-0.3, -0.25) is 42.4 Å². The number of phosphoric acid groups is 1. The maximum atomic E-state index is 14.7. The average molecular weight is 1140 g/mol. The van der Waals surface area contributed by atoms with Gasteiger partial charge in [-0.25, -0.2) is 36.3 Å². The van der Waals surface area contributed by atoms with Gasteiger partial charge in [-0.2, -0.15) is 9.97 Å². The molecular formula is C46H52Cl2F4N7NaO13P2. The number of nitrogen functional groups attached to an aromatic ring is 1. The number of nitrogens with zero attached hydrogens (tertiary/aromatic N) is 5. The van der Waals surface area contributed by atoms with Gasteiger partial charge in [0.2, 0.25) is 12.5 Å². The Balaban J connectivity index is 0.000000216. The van der Waals surface area contributed by atoms with Crippen LogP contribution in [0.3, 0.4) is 0 Å². The van der Waals surface area contributed by atoms with E-state index in [1.807, 2.05) is 6.07 Å². The van der Waals surface area contributed by atoms with Crippen molar-refractivity contribution in [2.24, 2.45) is 11.8 Å². The summed E-state index contributed by atoms with van der Waals surface area (Å²) in [5.74, 6) is -8.31. The molecule has 0 radical (unpaired) electrons. The Hall–Kier alpha value is -4.26. The van der Waals surface area contributed by atoms with E-state index in [9.17, 15) is 46.4 Å². The first-order chi connectivity index (χ1) is 35.0. The molecule has 0 spiro atoms. The third-order valence-corrected chi connectivity index (χ3v) is 15.8. The normalized spacial score (nSPS) is 28.6. The summed E-state index contributed by atoms with van der Waals surface area (Å²) in [6, 6.07) is 21.7. The zero-order chi connectivity index (χ0) is 53.8. The molecule has 6 heterocycles. The van der Waals surface area contributed by atoms with Crippen LogP contribution in [0.1, 0.15) is 90.6 Å². The number of alkyl halides is 4. The molecule has 75 heavy (non-hydrogen) atoms. The number of hydrogen-bond donors (Lipinski definition) is 2. The Morgan fingerprint density at radius 2 is 1.28 bits per heavy atom. The molecule has 4 fully saturated rings. The van der Waals surface area contributed by atoms with Crippen LogP contribution in [0.5, 0.6) is 5.75 Å². The molecular weight excluding hydrogens is 1090 g/mol. The quantitative estimate of drug-likeness (QED) is 0.0413. The Labute approximate surface area is 460 Å². The molecule has 0 saturated carbocycles. The summed E-state index contributed by atoms with van der Waals surface area (Å²) in [6.07, 6.45) is -1.51. The summed E-state index contributed by atoms with van der Waals surface area (Å²) in [5, 5.41) is 14.2. The second kappa shape index (κ2) is 25.0. The molecule has 9 rings (SSSR count). The Bertz CT molecular complexity index is 3030. The third kappa shape index (κ3) is 14.3. The van der Waals surface area contributed by atoms with E-state index < -0.39 is 92.4 Å². The molecule has 3 aromatic carbocycles. The first-order valence-corrected chi connectivity index (χ1v) is 26.8. The number of nitrogens with two attached hydrogens (primary N) is 1. The maximum absolute atomic E-state index is 14.7. The molecule has 5 aromatic rings. The van der Waals surface area contributed by atoms with E-state index in [4.69, 9.17) is 61.0 Å². The zero-order valence-electron chi connectivity index (χ0n) is 41.9. The Morgan fingerprint density at radius 1 is 0.787 bits per heavy atom. The number of halogens is 6. The fourth-order valence-corrected chi connectivity index (χ4v) is 11.6. The molecule has 3 N–H and O–H groups in total. The van der Waals surface area contributed by atoms with Crippen molar-refractivity contribution in [2.45, 2.75) is 102 Å². The number of non-ortho nitro benzene ring substituents is 1. The number of benzene rings is 3. The van der Waals surface area contributed by atoms with Crippen LogP contribution in [0, 0.1) is 22.0 Å². The smallest absolute Gasteiger partial charge is 1.00 e. The van der Waals surface area contributed by atoms with Gasteiger partial charge in [-0.05, 0) is 72.5 Å². The molecule has 20 nitrogen and oxygen atoms in total. The topological polar surface area (TPSA) is 250 Å². The molecule has 4 saturated heterocycles. The van der Waals surface area contributed by atoms with E-state index in [2.05, 4.69) is 15.1 Å². The minimum atomic E-state index is -3.87. The van der Waals surface area contributed by atoms with Crippen molar-refractivity contribution in [3.8, 4) is 5.75 Å². The number of phosphoric ester groups is 1. The van der Waals surface area contributed by atoms with E-state index in [1.165, 1.54) is 56.4 Å². The van der Waals surface area contributed by atoms with Crippen molar-refractivity contribution in [2.75, 3.05) is 24.0 Å². The predicted octanol–water partition coefficient (Wildman–Crippen LogP) is 8.61. The molecule has 0 aliphatic carbocycles. The van der Waals surface area contributed by atoms with Crippen molar-refractivity contribution in [1.29, 1.82) is 0 Å². The zero-order valence-corrected chi connectivity index (χ0v) is 46.2. The number of ether oxygens (including phenoxy) is 2. The van der Waals surface area contributed by atoms with Crippen molar-refractivity contribution in [3.05, 3.63) is 150 Å². The molecule has 0 amide bonds. The van der Waals surface area contributed by atoms with Crippen LogP contribution in [0.4, 0.5) is 34.9 Å². The minimum absolute atomic E-state index is 0. The molecule has 2 unspecified atom stereocenters. The number of anilines is 2. The van der Waals surface area contributed by atoms with E-state index >= 15 is 0 Å². The van der Waals surface area contributed by atoms with E-state index in [1.54, 1.807) is 56.3 Å². The molecule has 2 aromatic heterocycles. The third-order valence-electron chi connectivity index (χ3n) is 12.3. The summed E-state index contributed by atoms with van der Waals surface area (Å²) in [4.78, 5) is 41.4. The van der Waals surface area contributed by atoms with Crippen LogP contribution in [0.15, 0.2) is 107 Å². The van der Waals surface area contributed by atoms with Crippen molar-refractivity contribution in [3.63, 3.8) is 0 Å². The van der Waals surface area contributed by atoms with Crippen LogP contribution in [-0.2, 0) is 36.7 Å². The first-order valence-electron chi connectivity index (χ1n) is 23.1. The van der Waals surface area contributed by atoms with E-state index in [0.29, 0.717) is 35.7 Å². The van der Waals surface area contributed by atoms with Crippen LogP contribution in [0.25, 0.3) is 0 Å². The number of nitrogens with one attached hydrogen (secondary N) is 1. The van der Waals surface area contributed by atoms with Gasteiger partial charge in [0.1, 0.15) is 17.4 Å². The Morgan fingerprint density at radius 3 is 1.75 bits per heavy atom. The largest absolute Gasteiger partial charge is 1.00 e. The number of aromatic nitrogens is 4. The number of rotatable bonds is 11. The predicted molar refractivity (Wildman–Crippen MR) is 263 cm³/mol. The summed E-state index contributed by atoms with van der Waals surface area (Å²) in [6.45, 7) is 6.65. The van der Waals surface area contributed by atoms with E-state index in [-0.39, 0.29) is 67.3 Å². The molecule has 0 bridgehead atoms. The molecule has 402 valence electrons. The van der Waals surface area contributed by atoms with Crippen molar-refractivity contribution < 1.29 is 94.7 Å². The molecule has 4 aliphatic rings. The number of hydrogen-bond acceptors (Lipinski definition) is 16. The first kappa shape index (κ1) is 60.0. The van der Waals surface area contributed by atoms with Crippen molar-refractivity contribution in [1.82, 2.24) is 19.1 Å². The molecule has 10 atom stereocenters. The van der Waals surface area contributed by atoms with Crippen LogP contribution < -0.4 is 56.3 Å². The van der Waals surface area contributed by atoms with Gasteiger partial charge in [0, 0.05) is 47.4 Å². The monoisotopic (exact) mass is 1140 g/mol. The summed E-state index contributed by atoms with van der Waals surface area (Å²) in [5.41, 5.74) is 4.93. The average Bonchev–Trinajstić information content (AvgIpc) is 3.72. The van der Waals surface area contributed by atoms with Gasteiger partial charge in [0.25, 0.3) is 17.5 Å². The SMILES string of the molecule is CC[C@H]1O[C@@H](n2ccc(N)nc2=O)C(F)(F)[C@H]1C.CC[C@H]1O[C@@H](n2ccc(NP3(=O)OCC[C@@H](c4cccc(Cl)c4)O3)nc2=O)C(F)(F)[C@H]1C.O=[N+]([O-])c1ccc(OP2(=O)OCC[C@@H](c3cccc(Cl)c3)O2)cc1.[H-].[Na+]. The Kier molecular flexibility index (Phi) is 20.0. The second-order valence-corrected chi connectivity index (χ2v) is 21.4. The van der Waals surface area contributed by atoms with Gasteiger partial charge in [0.15, 0.2) is 0 Å². The van der Waals surface area contributed by atoms with Crippen molar-refractivity contribution >= 4 is 56.1 Å². The number of nitro groups is 1. The van der Waals surface area contributed by atoms with E-state index in [0.717, 1.165) is 26.5 Å². The fraction of sp³-hybridized carbons (Fsp3) is 0.435. The maximum Gasteiger partial charge on any atom is 1.00 e. The summed E-state index contributed by atoms with van der Waals surface area (Å²) < 4.78 is 122. The van der Waals surface area contributed by atoms with Gasteiger partial charge in [0.05, 0.1) is 54.4 Å². The van der Waals surface area contributed by atoms with Gasteiger partial charge >= 0.3 is 56.5 Å². The minimum Gasteiger partial charge on any atom is -1.00 e. The summed E-state index contributed by atoms with van der Waals surface area (Å²) >= 11 is 12.0. The van der Waals surface area contributed by atoms with Gasteiger partial charge < -0.3 is 21.2 Å². The number of nitro benzene ring substituents is 1. The van der Waals surface area contributed by atoms with Crippen LogP contribution >= 0.6 is 38.8 Å². The van der Waals surface area contributed by atoms with Gasteiger partial charge in [-0.15, -0.1) is 0 Å². The van der Waals surface area contributed by atoms with Crippen LogP contribution in [0.2, 0.25) is 10.0 Å². The van der Waals surface area contributed by atoms with Gasteiger partial charge in [-0.1, -0.05) is 75.2 Å². The molecule has 29 heteroatoms.